The average molecular weight is 396 g/mol. The summed E-state index contributed by atoms with van der Waals surface area (Å²) in [6, 6.07) is 2.69. The molecular formula is C27H41NO. The molecule has 4 rings (SSSR count). The molecule has 0 aromatic carbocycles. The van der Waals surface area contributed by atoms with Gasteiger partial charge in [0.15, 0.2) is 0 Å². The fourth-order valence-corrected chi connectivity index (χ4v) is 8.27. The van der Waals surface area contributed by atoms with Crippen molar-refractivity contribution in [2.24, 2.45) is 39.9 Å². The smallest absolute Gasteiger partial charge is 0.134 e. The van der Waals surface area contributed by atoms with Crippen molar-refractivity contribution in [2.75, 3.05) is 0 Å². The van der Waals surface area contributed by atoms with Crippen molar-refractivity contribution in [3.05, 3.63) is 11.1 Å². The van der Waals surface area contributed by atoms with Gasteiger partial charge in [-0.15, -0.1) is 0 Å². The van der Waals surface area contributed by atoms with Crippen LogP contribution in [0.5, 0.6) is 0 Å². The Kier molecular flexibility index (Phi) is 5.28. The number of nitrogens with zero attached hydrogens (tertiary/aromatic N) is 1. The first-order chi connectivity index (χ1) is 13.7. The van der Waals surface area contributed by atoms with Crippen LogP contribution < -0.4 is 0 Å². The number of Topliss-reactive ketones (excluding diaryl/α,β-unsaturated/α-hetero) is 1. The van der Waals surface area contributed by atoms with Crippen LogP contribution in [-0.4, -0.2) is 5.78 Å². The highest BCUT2D eigenvalue weighted by molar-refractivity contribution is 5.81. The van der Waals surface area contributed by atoms with Crippen LogP contribution in [0.3, 0.4) is 0 Å². The molecule has 0 N–H and O–H groups in total. The second kappa shape index (κ2) is 7.25. The Morgan fingerprint density at radius 2 is 1.79 bits per heavy atom. The fraction of sp³-hybridized carbons (Fsp3) is 0.852. The molecule has 0 bridgehead atoms. The van der Waals surface area contributed by atoms with Crippen molar-refractivity contribution in [1.82, 2.24) is 0 Å². The zero-order chi connectivity index (χ0) is 21.0. The number of rotatable bonds is 4. The van der Waals surface area contributed by atoms with Gasteiger partial charge in [0.05, 0.1) is 11.5 Å². The van der Waals surface area contributed by atoms with E-state index in [0.717, 1.165) is 42.9 Å². The minimum absolute atomic E-state index is 0.0636. The predicted molar refractivity (Wildman–Crippen MR) is 118 cm³/mol. The number of allylic oxidation sites excluding steroid dienone is 2. The molecule has 4 aliphatic carbocycles. The average Bonchev–Trinajstić information content (AvgIpc) is 3.04. The lowest BCUT2D eigenvalue weighted by Gasteiger charge is -2.57. The van der Waals surface area contributed by atoms with Gasteiger partial charge in [-0.05, 0) is 74.0 Å². The largest absolute Gasteiger partial charge is 0.300 e. The SMILES string of the molecule is CC(C)CC[C@@H](C)[C@H]1CC[C@H]2C3=C(CC[C@]12C)[C@@]1(C)CCC(=O)C[C@]1(C#N)CC3. The molecule has 0 aromatic rings. The maximum atomic E-state index is 12.3. The third-order valence-electron chi connectivity index (χ3n) is 10.2. The molecule has 4 aliphatic rings. The van der Waals surface area contributed by atoms with Crippen LogP contribution in [-0.2, 0) is 4.79 Å². The number of hydrogen-bond acceptors (Lipinski definition) is 2. The standard InChI is InChI=1S/C27H41NO/c1-18(2)6-7-19(3)22-8-9-23-21-11-15-27(17-28)16-20(29)10-14-26(27,5)24(21)12-13-25(22,23)4/h18-19,22-23H,6-16H2,1-5H3/t19-,22-,23+,25-,26-,27+/m1/s1. The Hall–Kier alpha value is -1.10. The Bertz CT molecular complexity index is 757. The molecule has 2 nitrogen and oxygen atoms in total. The van der Waals surface area contributed by atoms with Crippen molar-refractivity contribution in [2.45, 2.75) is 105 Å². The highest BCUT2D eigenvalue weighted by atomic mass is 16.1. The normalized spacial score (nSPS) is 42.9. The van der Waals surface area contributed by atoms with Crippen LogP contribution >= 0.6 is 0 Å². The lowest BCUT2D eigenvalue weighted by Crippen LogP contribution is -2.51. The summed E-state index contributed by atoms with van der Waals surface area (Å²) in [6.07, 6.45) is 12.0. The van der Waals surface area contributed by atoms with Gasteiger partial charge < -0.3 is 0 Å². The summed E-state index contributed by atoms with van der Waals surface area (Å²) >= 11 is 0. The maximum Gasteiger partial charge on any atom is 0.134 e. The quantitative estimate of drug-likeness (QED) is 0.470. The van der Waals surface area contributed by atoms with E-state index >= 15 is 0 Å². The summed E-state index contributed by atoms with van der Waals surface area (Å²) in [5, 5.41) is 10.2. The van der Waals surface area contributed by atoms with Gasteiger partial charge in [-0.2, -0.15) is 5.26 Å². The molecule has 0 aromatic heterocycles. The number of carbonyl (C=O) groups is 1. The molecule has 29 heavy (non-hydrogen) atoms. The van der Waals surface area contributed by atoms with Crippen LogP contribution in [0.15, 0.2) is 11.1 Å². The molecule has 0 aliphatic heterocycles. The molecule has 6 atom stereocenters. The molecule has 160 valence electrons. The van der Waals surface area contributed by atoms with E-state index in [-0.39, 0.29) is 5.41 Å². The van der Waals surface area contributed by atoms with E-state index < -0.39 is 5.41 Å². The van der Waals surface area contributed by atoms with Crippen LogP contribution in [0.4, 0.5) is 0 Å². The Balaban J connectivity index is 1.64. The Morgan fingerprint density at radius 3 is 2.48 bits per heavy atom. The monoisotopic (exact) mass is 395 g/mol. The van der Waals surface area contributed by atoms with Gasteiger partial charge in [0, 0.05) is 18.3 Å². The van der Waals surface area contributed by atoms with Gasteiger partial charge in [0.2, 0.25) is 0 Å². The van der Waals surface area contributed by atoms with Crippen molar-refractivity contribution < 1.29 is 4.79 Å². The number of ketones is 1. The third kappa shape index (κ3) is 3.05. The summed E-state index contributed by atoms with van der Waals surface area (Å²) in [5.74, 6) is 3.51. The van der Waals surface area contributed by atoms with Crippen molar-refractivity contribution in [1.29, 1.82) is 5.26 Å². The molecule has 0 spiro atoms. The van der Waals surface area contributed by atoms with E-state index in [4.69, 9.17) is 0 Å². The first kappa shape index (κ1) is 21.1. The van der Waals surface area contributed by atoms with E-state index in [1.807, 2.05) is 0 Å². The molecule has 0 radical (unpaired) electrons. The molecule has 2 heteroatoms. The highest BCUT2D eigenvalue weighted by Crippen LogP contribution is 2.68. The summed E-state index contributed by atoms with van der Waals surface area (Å²) in [4.78, 5) is 12.3. The van der Waals surface area contributed by atoms with Crippen molar-refractivity contribution in [3.8, 4) is 6.07 Å². The summed E-state index contributed by atoms with van der Waals surface area (Å²) in [6.45, 7) is 12.2. The van der Waals surface area contributed by atoms with Gasteiger partial charge in [-0.1, -0.05) is 58.6 Å². The Labute approximate surface area is 178 Å². The molecule has 0 unspecified atom stereocenters. The molecule has 2 fully saturated rings. The minimum Gasteiger partial charge on any atom is -0.300 e. The molecular weight excluding hydrogens is 354 g/mol. The van der Waals surface area contributed by atoms with Gasteiger partial charge in [0.25, 0.3) is 0 Å². The first-order valence-corrected chi connectivity index (χ1v) is 12.3. The lowest BCUT2D eigenvalue weighted by molar-refractivity contribution is -0.127. The van der Waals surface area contributed by atoms with E-state index in [2.05, 4.69) is 40.7 Å². The second-order valence-electron chi connectivity index (χ2n) is 11.9. The van der Waals surface area contributed by atoms with Crippen LogP contribution in [0, 0.1) is 51.2 Å². The maximum absolute atomic E-state index is 12.3. The zero-order valence-electron chi connectivity index (χ0n) is 19.4. The van der Waals surface area contributed by atoms with E-state index in [1.54, 1.807) is 11.1 Å². The first-order valence-electron chi connectivity index (χ1n) is 12.3. The third-order valence-corrected chi connectivity index (χ3v) is 10.2. The Morgan fingerprint density at radius 1 is 1.03 bits per heavy atom. The highest BCUT2D eigenvalue weighted by Gasteiger charge is 2.61. The van der Waals surface area contributed by atoms with E-state index in [9.17, 15) is 10.1 Å². The molecule has 0 heterocycles. The molecule has 0 amide bonds. The van der Waals surface area contributed by atoms with Crippen molar-refractivity contribution >= 4 is 5.78 Å². The second-order valence-corrected chi connectivity index (χ2v) is 11.9. The van der Waals surface area contributed by atoms with Crippen LogP contribution in [0.1, 0.15) is 105 Å². The summed E-state index contributed by atoms with van der Waals surface area (Å²) in [7, 11) is 0. The van der Waals surface area contributed by atoms with Gasteiger partial charge in [-0.3, -0.25) is 4.79 Å². The predicted octanol–water partition coefficient (Wildman–Crippen LogP) is 7.24. The van der Waals surface area contributed by atoms with Crippen molar-refractivity contribution in [3.63, 3.8) is 0 Å². The molecule has 0 saturated heterocycles. The zero-order valence-corrected chi connectivity index (χ0v) is 19.4. The number of carbonyl (C=O) groups excluding carboxylic acids is 1. The van der Waals surface area contributed by atoms with Crippen LogP contribution in [0.25, 0.3) is 0 Å². The summed E-state index contributed by atoms with van der Waals surface area (Å²) in [5.41, 5.74) is 3.31. The van der Waals surface area contributed by atoms with E-state index in [0.29, 0.717) is 24.0 Å². The topological polar surface area (TPSA) is 40.9 Å². The number of fused-ring (bicyclic) bond motifs is 4. The summed E-state index contributed by atoms with van der Waals surface area (Å²) < 4.78 is 0. The number of nitriles is 1. The number of hydrogen-bond donors (Lipinski definition) is 0. The molecule has 2 saturated carbocycles. The van der Waals surface area contributed by atoms with Crippen LogP contribution in [0.2, 0.25) is 0 Å². The van der Waals surface area contributed by atoms with E-state index in [1.165, 1.54) is 38.5 Å². The van der Waals surface area contributed by atoms with Gasteiger partial charge in [0.1, 0.15) is 5.78 Å². The minimum atomic E-state index is -0.433. The lowest BCUT2D eigenvalue weighted by atomic mass is 9.45. The fourth-order valence-electron chi connectivity index (χ4n) is 8.27. The van der Waals surface area contributed by atoms with Gasteiger partial charge in [-0.25, -0.2) is 0 Å². The van der Waals surface area contributed by atoms with Gasteiger partial charge >= 0.3 is 0 Å².